The third-order valence-corrected chi connectivity index (χ3v) is 2.52. The molecule has 0 fully saturated rings. The fourth-order valence-corrected chi connectivity index (χ4v) is 1.52. The van der Waals surface area contributed by atoms with E-state index in [4.69, 9.17) is 9.84 Å². The zero-order valence-electron chi connectivity index (χ0n) is 10.1. The van der Waals surface area contributed by atoms with Gasteiger partial charge in [0.1, 0.15) is 5.82 Å². The molecule has 1 atom stereocenters. The van der Waals surface area contributed by atoms with E-state index >= 15 is 0 Å². The van der Waals surface area contributed by atoms with Crippen LogP contribution in [0.3, 0.4) is 0 Å². The maximum atomic E-state index is 13.5. The lowest BCUT2D eigenvalue weighted by Gasteiger charge is -2.12. The second-order valence-corrected chi connectivity index (χ2v) is 4.02. The van der Waals surface area contributed by atoms with Gasteiger partial charge in [-0.15, -0.1) is 0 Å². The molecule has 17 heavy (non-hydrogen) atoms. The van der Waals surface area contributed by atoms with E-state index in [0.29, 0.717) is 5.56 Å². The fraction of sp³-hybridized carbons (Fsp3) is 0.462. The Bertz CT molecular complexity index is 390. The summed E-state index contributed by atoms with van der Waals surface area (Å²) < 4.78 is 19.0. The van der Waals surface area contributed by atoms with Gasteiger partial charge in [-0.05, 0) is 25.5 Å². The summed E-state index contributed by atoms with van der Waals surface area (Å²) in [4.78, 5) is 10.6. The first-order valence-electron chi connectivity index (χ1n) is 5.68. The number of benzene rings is 1. The van der Waals surface area contributed by atoms with Gasteiger partial charge < -0.3 is 9.84 Å². The van der Waals surface area contributed by atoms with Crippen LogP contribution in [0.1, 0.15) is 42.6 Å². The minimum absolute atomic E-state index is 0.0483. The molecular formula is C13H17FO3. The van der Waals surface area contributed by atoms with Crippen LogP contribution >= 0.6 is 0 Å². The summed E-state index contributed by atoms with van der Waals surface area (Å²) in [6.45, 7) is 4.17. The van der Waals surface area contributed by atoms with Crippen molar-refractivity contribution in [3.63, 3.8) is 0 Å². The zero-order valence-corrected chi connectivity index (χ0v) is 10.1. The van der Waals surface area contributed by atoms with Crippen molar-refractivity contribution in [3.05, 3.63) is 35.1 Å². The number of carboxylic acid groups (broad SMARTS) is 1. The van der Waals surface area contributed by atoms with Crippen molar-refractivity contribution in [1.29, 1.82) is 0 Å². The van der Waals surface area contributed by atoms with Gasteiger partial charge in [0, 0.05) is 5.56 Å². The first kappa shape index (κ1) is 13.6. The summed E-state index contributed by atoms with van der Waals surface area (Å²) in [6, 6.07) is 3.86. The lowest BCUT2D eigenvalue weighted by Crippen LogP contribution is -2.08. The Morgan fingerprint density at radius 2 is 2.24 bits per heavy atom. The highest BCUT2D eigenvalue weighted by molar-refractivity contribution is 5.87. The number of hydrogen-bond acceptors (Lipinski definition) is 2. The molecule has 0 bridgehead atoms. The third-order valence-electron chi connectivity index (χ3n) is 2.52. The summed E-state index contributed by atoms with van der Waals surface area (Å²) in [6.07, 6.45) is 2.02. The lowest BCUT2D eigenvalue weighted by molar-refractivity contribution is 0.0455. The Kier molecular flexibility index (Phi) is 5.10. The average Bonchev–Trinajstić information content (AvgIpc) is 2.27. The molecule has 3 nitrogen and oxygen atoms in total. The predicted octanol–water partition coefficient (Wildman–Crippen LogP) is 3.23. The number of hydrogen-bond donors (Lipinski definition) is 1. The standard InChI is InChI=1S/C13H17FO3/c1-3-4-9(2)17-8-11-6-5-10(13(15)16)7-12(11)14/h5-7,9H,3-4,8H2,1-2H3,(H,15,16). The smallest absolute Gasteiger partial charge is 0.335 e. The molecule has 0 spiro atoms. The molecule has 94 valence electrons. The van der Waals surface area contributed by atoms with Crippen molar-refractivity contribution in [2.45, 2.75) is 39.4 Å². The molecular weight excluding hydrogens is 223 g/mol. The zero-order chi connectivity index (χ0) is 12.8. The quantitative estimate of drug-likeness (QED) is 0.830. The van der Waals surface area contributed by atoms with Crippen LogP contribution in [0.4, 0.5) is 4.39 Å². The lowest BCUT2D eigenvalue weighted by atomic mass is 10.1. The van der Waals surface area contributed by atoms with Crippen LogP contribution in [0.25, 0.3) is 0 Å². The molecule has 1 rings (SSSR count). The molecule has 1 aromatic rings. The highest BCUT2D eigenvalue weighted by Gasteiger charge is 2.09. The van der Waals surface area contributed by atoms with Crippen molar-refractivity contribution >= 4 is 5.97 Å². The van der Waals surface area contributed by atoms with E-state index in [-0.39, 0.29) is 18.3 Å². The predicted molar refractivity (Wildman–Crippen MR) is 62.5 cm³/mol. The third kappa shape index (κ3) is 4.15. The molecule has 0 aromatic heterocycles. The molecule has 1 N–H and O–H groups in total. The Hall–Kier alpha value is -1.42. The van der Waals surface area contributed by atoms with Crippen LogP contribution in [-0.4, -0.2) is 17.2 Å². The molecule has 0 saturated heterocycles. The van der Waals surface area contributed by atoms with E-state index in [1.807, 2.05) is 6.92 Å². The van der Waals surface area contributed by atoms with Gasteiger partial charge in [0.05, 0.1) is 18.3 Å². The van der Waals surface area contributed by atoms with Crippen LogP contribution in [0.2, 0.25) is 0 Å². The van der Waals surface area contributed by atoms with Crippen LogP contribution in [0, 0.1) is 5.82 Å². The molecule has 0 aliphatic carbocycles. The fourth-order valence-electron chi connectivity index (χ4n) is 1.52. The van der Waals surface area contributed by atoms with Crippen LogP contribution in [0.5, 0.6) is 0 Å². The van der Waals surface area contributed by atoms with Gasteiger partial charge in [-0.2, -0.15) is 0 Å². The van der Waals surface area contributed by atoms with Gasteiger partial charge in [-0.1, -0.05) is 19.4 Å². The van der Waals surface area contributed by atoms with Gasteiger partial charge in [-0.3, -0.25) is 0 Å². The number of aromatic carboxylic acids is 1. The number of carbonyl (C=O) groups is 1. The first-order valence-corrected chi connectivity index (χ1v) is 5.68. The number of ether oxygens (including phenoxy) is 1. The molecule has 0 heterocycles. The maximum absolute atomic E-state index is 13.5. The average molecular weight is 240 g/mol. The molecule has 1 unspecified atom stereocenters. The summed E-state index contributed by atoms with van der Waals surface area (Å²) in [7, 11) is 0. The molecule has 4 heteroatoms. The first-order chi connectivity index (χ1) is 8.04. The summed E-state index contributed by atoms with van der Waals surface area (Å²) >= 11 is 0. The van der Waals surface area contributed by atoms with Crippen molar-refractivity contribution < 1.29 is 19.0 Å². The van der Waals surface area contributed by atoms with Gasteiger partial charge in [0.2, 0.25) is 0 Å². The highest BCUT2D eigenvalue weighted by Crippen LogP contribution is 2.13. The van der Waals surface area contributed by atoms with E-state index in [1.54, 1.807) is 0 Å². The van der Waals surface area contributed by atoms with Crippen molar-refractivity contribution in [2.75, 3.05) is 0 Å². The van der Waals surface area contributed by atoms with Gasteiger partial charge in [0.15, 0.2) is 0 Å². The Morgan fingerprint density at radius 3 is 2.76 bits per heavy atom. The minimum Gasteiger partial charge on any atom is -0.478 e. The summed E-state index contributed by atoms with van der Waals surface area (Å²) in [5.41, 5.74) is 0.339. The molecule has 0 aliphatic heterocycles. The Morgan fingerprint density at radius 1 is 1.53 bits per heavy atom. The van der Waals surface area contributed by atoms with Gasteiger partial charge >= 0.3 is 5.97 Å². The summed E-state index contributed by atoms with van der Waals surface area (Å²) in [5, 5.41) is 8.69. The monoisotopic (exact) mass is 240 g/mol. The van der Waals surface area contributed by atoms with Gasteiger partial charge in [-0.25, -0.2) is 9.18 Å². The minimum atomic E-state index is -1.13. The van der Waals surface area contributed by atoms with E-state index < -0.39 is 11.8 Å². The topological polar surface area (TPSA) is 46.5 Å². The van der Waals surface area contributed by atoms with Crippen molar-refractivity contribution in [3.8, 4) is 0 Å². The SMILES string of the molecule is CCCC(C)OCc1ccc(C(=O)O)cc1F. The molecule has 0 radical (unpaired) electrons. The van der Waals surface area contributed by atoms with Crippen LogP contribution < -0.4 is 0 Å². The maximum Gasteiger partial charge on any atom is 0.335 e. The normalized spacial score (nSPS) is 12.4. The van der Waals surface area contributed by atoms with E-state index in [0.717, 1.165) is 18.9 Å². The van der Waals surface area contributed by atoms with E-state index in [2.05, 4.69) is 6.92 Å². The van der Waals surface area contributed by atoms with Crippen molar-refractivity contribution in [2.24, 2.45) is 0 Å². The highest BCUT2D eigenvalue weighted by atomic mass is 19.1. The summed E-state index contributed by atoms with van der Waals surface area (Å²) in [5.74, 6) is -1.66. The molecule has 0 saturated carbocycles. The number of carboxylic acids is 1. The largest absolute Gasteiger partial charge is 0.478 e. The number of rotatable bonds is 6. The van der Waals surface area contributed by atoms with Crippen molar-refractivity contribution in [1.82, 2.24) is 0 Å². The second-order valence-electron chi connectivity index (χ2n) is 4.02. The Balaban J connectivity index is 2.63. The molecule has 1 aromatic carbocycles. The molecule has 0 amide bonds. The van der Waals surface area contributed by atoms with Crippen LogP contribution in [0.15, 0.2) is 18.2 Å². The Labute approximate surface area is 100 Å². The van der Waals surface area contributed by atoms with Gasteiger partial charge in [0.25, 0.3) is 0 Å². The van der Waals surface area contributed by atoms with Crippen LogP contribution in [-0.2, 0) is 11.3 Å². The molecule has 0 aliphatic rings. The second kappa shape index (κ2) is 6.35. The van der Waals surface area contributed by atoms with E-state index in [1.165, 1.54) is 12.1 Å². The van der Waals surface area contributed by atoms with E-state index in [9.17, 15) is 9.18 Å². The number of halogens is 1.